The van der Waals surface area contributed by atoms with Crippen LogP contribution in [0.3, 0.4) is 0 Å². The predicted molar refractivity (Wildman–Crippen MR) is 111 cm³/mol. The van der Waals surface area contributed by atoms with Crippen LogP contribution in [0.5, 0.6) is 5.75 Å². The predicted octanol–water partition coefficient (Wildman–Crippen LogP) is 5.85. The molecule has 0 aliphatic carbocycles. The van der Waals surface area contributed by atoms with E-state index in [4.69, 9.17) is 0 Å². The second-order valence-electron chi connectivity index (χ2n) is 6.78. The van der Waals surface area contributed by atoms with Gasteiger partial charge in [0.1, 0.15) is 11.4 Å². The molecule has 2 aromatic heterocycles. The second-order valence-corrected chi connectivity index (χ2v) is 6.78. The number of hydrogen-bond acceptors (Lipinski definition) is 3. The summed E-state index contributed by atoms with van der Waals surface area (Å²) in [6.07, 6.45) is -0.898. The fourth-order valence-corrected chi connectivity index (χ4v) is 3.05. The number of fused-ring (bicyclic) bond motifs is 1. The lowest BCUT2D eigenvalue weighted by Gasteiger charge is -2.10. The van der Waals surface area contributed by atoms with E-state index in [-0.39, 0.29) is 5.75 Å². The summed E-state index contributed by atoms with van der Waals surface area (Å²) in [6.45, 7) is 1.99. The molecule has 9 heteroatoms. The minimum absolute atomic E-state index is 0.323. The van der Waals surface area contributed by atoms with Gasteiger partial charge in [-0.05, 0) is 55.0 Å². The maximum absolute atomic E-state index is 12.2. The number of carbonyl (C=O) groups excluding carboxylic acids is 1. The Morgan fingerprint density at radius 1 is 0.968 bits per heavy atom. The standard InChI is InChI=1S/C22H17F3N4O2/c1-14-3-2-12-29-13-19(28-20(14)29)15-4-6-16(7-5-15)26-21(30)27-17-8-10-18(11-9-17)31-22(23,24)25/h2-13H,1H3,(H2,26,27,30). The zero-order valence-corrected chi connectivity index (χ0v) is 16.3. The van der Waals surface area contributed by atoms with E-state index >= 15 is 0 Å². The molecule has 0 spiro atoms. The smallest absolute Gasteiger partial charge is 0.406 e. The van der Waals surface area contributed by atoms with Gasteiger partial charge >= 0.3 is 12.4 Å². The summed E-state index contributed by atoms with van der Waals surface area (Å²) in [4.78, 5) is 16.8. The fourth-order valence-electron chi connectivity index (χ4n) is 3.05. The number of rotatable bonds is 4. The molecule has 2 heterocycles. The second kappa shape index (κ2) is 8.02. The van der Waals surface area contributed by atoms with E-state index in [0.717, 1.165) is 34.6 Å². The first kappa shape index (κ1) is 20.3. The van der Waals surface area contributed by atoms with E-state index in [0.29, 0.717) is 11.4 Å². The van der Waals surface area contributed by atoms with Crippen LogP contribution >= 0.6 is 0 Å². The largest absolute Gasteiger partial charge is 0.573 e. The van der Waals surface area contributed by atoms with Crippen LogP contribution in [0.25, 0.3) is 16.9 Å². The normalized spacial score (nSPS) is 11.4. The van der Waals surface area contributed by atoms with Crippen LogP contribution in [-0.2, 0) is 0 Å². The van der Waals surface area contributed by atoms with Crippen molar-refractivity contribution in [3.63, 3.8) is 0 Å². The molecule has 2 amide bonds. The SMILES string of the molecule is Cc1cccn2cc(-c3ccc(NC(=O)Nc4ccc(OC(F)(F)F)cc4)cc3)nc12. The van der Waals surface area contributed by atoms with Crippen molar-refractivity contribution >= 4 is 23.1 Å². The number of amides is 2. The molecule has 31 heavy (non-hydrogen) atoms. The maximum atomic E-state index is 12.2. The summed E-state index contributed by atoms with van der Waals surface area (Å²) in [7, 11) is 0. The van der Waals surface area contributed by atoms with E-state index in [1.165, 1.54) is 12.1 Å². The number of hydrogen-bond donors (Lipinski definition) is 2. The van der Waals surface area contributed by atoms with Gasteiger partial charge in [0, 0.05) is 29.3 Å². The van der Waals surface area contributed by atoms with Crippen molar-refractivity contribution in [3.05, 3.63) is 78.6 Å². The van der Waals surface area contributed by atoms with Crippen molar-refractivity contribution in [1.82, 2.24) is 9.38 Å². The highest BCUT2D eigenvalue weighted by atomic mass is 19.4. The van der Waals surface area contributed by atoms with Gasteiger partial charge in [0.05, 0.1) is 5.69 Å². The molecule has 0 fully saturated rings. The summed E-state index contributed by atoms with van der Waals surface area (Å²) in [5, 5.41) is 5.22. The molecular formula is C22H17F3N4O2. The number of imidazole rings is 1. The summed E-state index contributed by atoms with van der Waals surface area (Å²) in [6, 6.07) is 15.5. The quantitative estimate of drug-likeness (QED) is 0.430. The summed E-state index contributed by atoms with van der Waals surface area (Å²) < 4.78 is 42.3. The van der Waals surface area contributed by atoms with Crippen molar-refractivity contribution in [3.8, 4) is 17.0 Å². The van der Waals surface area contributed by atoms with E-state index in [1.54, 1.807) is 12.1 Å². The fraction of sp³-hybridized carbons (Fsp3) is 0.0909. The first-order chi connectivity index (χ1) is 14.8. The molecule has 0 aliphatic heterocycles. The molecule has 0 atom stereocenters. The number of carbonyl (C=O) groups is 1. The number of pyridine rings is 1. The third-order valence-corrected chi connectivity index (χ3v) is 4.46. The monoisotopic (exact) mass is 426 g/mol. The lowest BCUT2D eigenvalue weighted by molar-refractivity contribution is -0.274. The molecule has 0 radical (unpaired) electrons. The van der Waals surface area contributed by atoms with Crippen molar-refractivity contribution in [2.45, 2.75) is 13.3 Å². The van der Waals surface area contributed by atoms with Gasteiger partial charge in [0.25, 0.3) is 0 Å². The van der Waals surface area contributed by atoms with Crippen LogP contribution < -0.4 is 15.4 Å². The molecule has 0 unspecified atom stereocenters. The number of aromatic nitrogens is 2. The van der Waals surface area contributed by atoms with Crippen LogP contribution in [0.2, 0.25) is 0 Å². The maximum Gasteiger partial charge on any atom is 0.573 e. The Balaban J connectivity index is 1.39. The number of nitrogens with zero attached hydrogens (tertiary/aromatic N) is 2. The van der Waals surface area contributed by atoms with E-state index in [2.05, 4.69) is 20.4 Å². The molecule has 6 nitrogen and oxygen atoms in total. The Bertz CT molecular complexity index is 1220. The number of alkyl halides is 3. The molecular weight excluding hydrogens is 409 g/mol. The number of aryl methyl sites for hydroxylation is 1. The van der Waals surface area contributed by atoms with Gasteiger partial charge in [-0.1, -0.05) is 18.2 Å². The topological polar surface area (TPSA) is 67.7 Å². The molecule has 0 saturated heterocycles. The molecule has 4 aromatic rings. The van der Waals surface area contributed by atoms with Crippen molar-refractivity contribution in [1.29, 1.82) is 0 Å². The lowest BCUT2D eigenvalue weighted by Crippen LogP contribution is -2.19. The van der Waals surface area contributed by atoms with Gasteiger partial charge in [-0.3, -0.25) is 0 Å². The van der Waals surface area contributed by atoms with Crippen LogP contribution in [-0.4, -0.2) is 21.8 Å². The minimum atomic E-state index is -4.76. The molecule has 0 bridgehead atoms. The zero-order chi connectivity index (χ0) is 22.0. The molecule has 2 aromatic carbocycles. The number of urea groups is 1. The third kappa shape index (κ3) is 4.95. The average Bonchev–Trinajstić information content (AvgIpc) is 3.15. The molecule has 2 N–H and O–H groups in total. The number of anilines is 2. The van der Waals surface area contributed by atoms with Crippen molar-refractivity contribution < 1.29 is 22.7 Å². The molecule has 0 saturated carbocycles. The summed E-state index contributed by atoms with van der Waals surface area (Å²) in [5.74, 6) is -0.365. The minimum Gasteiger partial charge on any atom is -0.406 e. The van der Waals surface area contributed by atoms with E-state index < -0.39 is 12.4 Å². The average molecular weight is 426 g/mol. The summed E-state index contributed by atoms with van der Waals surface area (Å²) in [5.41, 5.74) is 4.54. The van der Waals surface area contributed by atoms with Crippen LogP contribution in [0.4, 0.5) is 29.3 Å². The third-order valence-electron chi connectivity index (χ3n) is 4.46. The van der Waals surface area contributed by atoms with Crippen molar-refractivity contribution in [2.75, 3.05) is 10.6 Å². The van der Waals surface area contributed by atoms with Crippen molar-refractivity contribution in [2.24, 2.45) is 0 Å². The van der Waals surface area contributed by atoms with E-state index in [9.17, 15) is 18.0 Å². The Morgan fingerprint density at radius 2 is 1.58 bits per heavy atom. The Hall–Kier alpha value is -4.01. The van der Waals surface area contributed by atoms with Gasteiger partial charge in [0.2, 0.25) is 0 Å². The highest BCUT2D eigenvalue weighted by molar-refractivity contribution is 5.99. The number of ether oxygens (including phenoxy) is 1. The van der Waals surface area contributed by atoms with Gasteiger partial charge in [-0.25, -0.2) is 9.78 Å². The zero-order valence-electron chi connectivity index (χ0n) is 16.3. The highest BCUT2D eigenvalue weighted by Crippen LogP contribution is 2.25. The van der Waals surface area contributed by atoms with Gasteiger partial charge in [-0.15, -0.1) is 13.2 Å². The number of halogens is 3. The van der Waals surface area contributed by atoms with Gasteiger partial charge < -0.3 is 19.8 Å². The molecule has 0 aliphatic rings. The number of nitrogens with one attached hydrogen (secondary N) is 2. The Kier molecular flexibility index (Phi) is 5.24. The van der Waals surface area contributed by atoms with E-state index in [1.807, 2.05) is 48.0 Å². The molecule has 4 rings (SSSR count). The Morgan fingerprint density at radius 3 is 2.16 bits per heavy atom. The van der Waals surface area contributed by atoms with Crippen LogP contribution in [0.15, 0.2) is 73.1 Å². The lowest BCUT2D eigenvalue weighted by atomic mass is 10.1. The Labute approximate surface area is 175 Å². The van der Waals surface area contributed by atoms with Crippen LogP contribution in [0.1, 0.15) is 5.56 Å². The first-order valence-electron chi connectivity index (χ1n) is 9.25. The van der Waals surface area contributed by atoms with Gasteiger partial charge in [0.15, 0.2) is 0 Å². The molecule has 158 valence electrons. The summed E-state index contributed by atoms with van der Waals surface area (Å²) >= 11 is 0. The van der Waals surface area contributed by atoms with Gasteiger partial charge in [-0.2, -0.15) is 0 Å². The van der Waals surface area contributed by atoms with Crippen LogP contribution in [0, 0.1) is 6.92 Å². The number of benzene rings is 2. The first-order valence-corrected chi connectivity index (χ1v) is 9.25. The highest BCUT2D eigenvalue weighted by Gasteiger charge is 2.30.